The average molecular weight is 331 g/mol. The second-order valence-electron chi connectivity index (χ2n) is 5.59. The highest BCUT2D eigenvalue weighted by Gasteiger charge is 2.29. The minimum Gasteiger partial charge on any atom is -0.348 e. The fourth-order valence-electron chi connectivity index (χ4n) is 2.83. The number of carbonyl (C=O) groups is 1. The summed E-state index contributed by atoms with van der Waals surface area (Å²) in [6, 6.07) is 3.57. The maximum atomic E-state index is 12.8. The molecule has 0 radical (unpaired) electrons. The van der Waals surface area contributed by atoms with Crippen LogP contribution in [0.4, 0.5) is 0 Å². The molecule has 1 aliphatic heterocycles. The van der Waals surface area contributed by atoms with Crippen LogP contribution in [0.25, 0.3) is 0 Å². The number of likely N-dealkylation sites (tertiary alicyclic amines) is 1. The van der Waals surface area contributed by atoms with E-state index >= 15 is 0 Å². The minimum atomic E-state index is -0.273. The summed E-state index contributed by atoms with van der Waals surface area (Å²) in [6.45, 7) is 4.38. The van der Waals surface area contributed by atoms with Crippen LogP contribution in [0.15, 0.2) is 24.5 Å². The van der Waals surface area contributed by atoms with Crippen LogP contribution in [0.1, 0.15) is 41.4 Å². The largest absolute Gasteiger partial charge is 0.348 e. The van der Waals surface area contributed by atoms with E-state index in [1.54, 1.807) is 23.7 Å². The number of nitrogens with one attached hydrogen (secondary N) is 1. The summed E-state index contributed by atoms with van der Waals surface area (Å²) in [7, 11) is 0. The number of aromatic nitrogens is 3. The van der Waals surface area contributed by atoms with Crippen molar-refractivity contribution in [2.75, 3.05) is 13.1 Å². The van der Waals surface area contributed by atoms with E-state index in [1.165, 1.54) is 0 Å². The summed E-state index contributed by atoms with van der Waals surface area (Å²) in [5, 5.41) is 13.1. The zero-order valence-corrected chi connectivity index (χ0v) is 14.1. The molecule has 0 unspecified atom stereocenters. The van der Waals surface area contributed by atoms with E-state index in [-0.39, 0.29) is 11.9 Å². The Morgan fingerprint density at radius 1 is 1.35 bits per heavy atom. The SMILES string of the molecule is CCc1nnc(CNC(=O)[C@@H](c2cccnc2)N2CCCC2)s1. The van der Waals surface area contributed by atoms with Gasteiger partial charge in [-0.05, 0) is 44.0 Å². The van der Waals surface area contributed by atoms with Crippen molar-refractivity contribution in [2.24, 2.45) is 0 Å². The van der Waals surface area contributed by atoms with Crippen LogP contribution in [0, 0.1) is 0 Å². The van der Waals surface area contributed by atoms with E-state index in [4.69, 9.17) is 0 Å². The molecular formula is C16H21N5OS. The van der Waals surface area contributed by atoms with Gasteiger partial charge in [-0.2, -0.15) is 0 Å². The van der Waals surface area contributed by atoms with Crippen molar-refractivity contribution in [3.8, 4) is 0 Å². The summed E-state index contributed by atoms with van der Waals surface area (Å²) in [5.41, 5.74) is 0.943. The van der Waals surface area contributed by atoms with Crippen LogP contribution < -0.4 is 5.32 Å². The van der Waals surface area contributed by atoms with Crippen molar-refractivity contribution in [2.45, 2.75) is 38.8 Å². The highest BCUT2D eigenvalue weighted by molar-refractivity contribution is 7.11. The molecule has 0 aliphatic carbocycles. The van der Waals surface area contributed by atoms with Gasteiger partial charge in [-0.1, -0.05) is 24.3 Å². The topological polar surface area (TPSA) is 71.0 Å². The third-order valence-electron chi connectivity index (χ3n) is 3.98. The Morgan fingerprint density at radius 3 is 2.78 bits per heavy atom. The Bertz CT molecular complexity index is 639. The Kier molecular flexibility index (Phi) is 5.30. The lowest BCUT2D eigenvalue weighted by Crippen LogP contribution is -2.39. The monoisotopic (exact) mass is 331 g/mol. The molecule has 122 valence electrons. The molecule has 1 aliphatic rings. The molecule has 1 saturated heterocycles. The summed E-state index contributed by atoms with van der Waals surface area (Å²) in [6.07, 6.45) is 6.66. The van der Waals surface area contributed by atoms with Gasteiger partial charge in [0.25, 0.3) is 0 Å². The fraction of sp³-hybridized carbons (Fsp3) is 0.500. The molecule has 1 amide bonds. The first-order valence-corrected chi connectivity index (χ1v) is 8.82. The third-order valence-corrected chi connectivity index (χ3v) is 5.05. The number of hydrogen-bond acceptors (Lipinski definition) is 6. The molecule has 3 heterocycles. The maximum Gasteiger partial charge on any atom is 0.242 e. The zero-order chi connectivity index (χ0) is 16.1. The molecule has 2 aromatic rings. The van der Waals surface area contributed by atoms with Gasteiger partial charge in [-0.25, -0.2) is 0 Å². The van der Waals surface area contributed by atoms with E-state index in [0.29, 0.717) is 6.54 Å². The number of hydrogen-bond donors (Lipinski definition) is 1. The van der Waals surface area contributed by atoms with E-state index in [0.717, 1.165) is 47.9 Å². The van der Waals surface area contributed by atoms with Crippen molar-refractivity contribution in [3.63, 3.8) is 0 Å². The van der Waals surface area contributed by atoms with E-state index in [1.807, 2.05) is 12.1 Å². The number of carbonyl (C=O) groups excluding carboxylic acids is 1. The molecule has 6 nitrogen and oxygen atoms in total. The van der Waals surface area contributed by atoms with Crippen LogP contribution in [-0.4, -0.2) is 39.1 Å². The smallest absolute Gasteiger partial charge is 0.242 e. The van der Waals surface area contributed by atoms with Crippen molar-refractivity contribution >= 4 is 17.2 Å². The second kappa shape index (κ2) is 7.61. The highest BCUT2D eigenvalue weighted by atomic mass is 32.1. The summed E-state index contributed by atoms with van der Waals surface area (Å²) >= 11 is 1.55. The Balaban J connectivity index is 1.69. The predicted octanol–water partition coefficient (Wildman–Crippen LogP) is 1.95. The first-order chi connectivity index (χ1) is 11.3. The highest BCUT2D eigenvalue weighted by Crippen LogP contribution is 2.25. The standard InChI is InChI=1S/C16H21N5OS/c1-2-13-19-20-14(23-13)11-18-16(22)15(21-8-3-4-9-21)12-6-5-7-17-10-12/h5-7,10,15H,2-4,8-9,11H2,1H3,(H,18,22)/t15-/m1/s1. The predicted molar refractivity (Wildman–Crippen MR) is 88.9 cm³/mol. The van der Waals surface area contributed by atoms with Crippen molar-refractivity contribution in [1.82, 2.24) is 25.4 Å². The van der Waals surface area contributed by atoms with E-state index in [9.17, 15) is 4.79 Å². The van der Waals surface area contributed by atoms with Gasteiger partial charge in [0.05, 0.1) is 6.54 Å². The lowest BCUT2D eigenvalue weighted by molar-refractivity contribution is -0.126. The molecule has 1 N–H and O–H groups in total. The number of amides is 1. The van der Waals surface area contributed by atoms with Gasteiger partial charge in [0.2, 0.25) is 5.91 Å². The van der Waals surface area contributed by atoms with E-state index in [2.05, 4.69) is 32.3 Å². The average Bonchev–Trinajstić information content (AvgIpc) is 3.26. The van der Waals surface area contributed by atoms with Gasteiger partial charge in [-0.3, -0.25) is 14.7 Å². The second-order valence-corrected chi connectivity index (χ2v) is 6.74. The lowest BCUT2D eigenvalue weighted by atomic mass is 10.1. The minimum absolute atomic E-state index is 0.00754. The first-order valence-electron chi connectivity index (χ1n) is 8.01. The molecule has 1 fully saturated rings. The zero-order valence-electron chi connectivity index (χ0n) is 13.2. The summed E-state index contributed by atoms with van der Waals surface area (Å²) in [4.78, 5) is 19.1. The molecule has 3 rings (SSSR count). The normalized spacial score (nSPS) is 16.4. The molecule has 0 spiro atoms. The van der Waals surface area contributed by atoms with Crippen molar-refractivity contribution < 1.29 is 4.79 Å². The number of nitrogens with zero attached hydrogens (tertiary/aromatic N) is 4. The summed E-state index contributed by atoms with van der Waals surface area (Å²) < 4.78 is 0. The van der Waals surface area contributed by atoms with Crippen molar-refractivity contribution in [3.05, 3.63) is 40.1 Å². The Labute approximate surface area is 140 Å². The van der Waals surface area contributed by atoms with Crippen LogP contribution in [0.2, 0.25) is 0 Å². The number of aryl methyl sites for hydroxylation is 1. The van der Waals surface area contributed by atoms with Crippen molar-refractivity contribution in [1.29, 1.82) is 0 Å². The Hall–Kier alpha value is -1.86. The van der Waals surface area contributed by atoms with Crippen LogP contribution >= 0.6 is 11.3 Å². The first kappa shape index (κ1) is 16.0. The summed E-state index contributed by atoms with van der Waals surface area (Å²) in [5.74, 6) is 0.00754. The molecule has 2 aromatic heterocycles. The number of rotatable bonds is 6. The molecular weight excluding hydrogens is 310 g/mol. The molecule has 0 aromatic carbocycles. The van der Waals surface area contributed by atoms with Crippen LogP contribution in [0.3, 0.4) is 0 Å². The fourth-order valence-corrected chi connectivity index (χ4v) is 3.55. The molecule has 23 heavy (non-hydrogen) atoms. The molecule has 0 bridgehead atoms. The van der Waals surface area contributed by atoms with Crippen LogP contribution in [0.5, 0.6) is 0 Å². The van der Waals surface area contributed by atoms with Gasteiger partial charge < -0.3 is 5.32 Å². The van der Waals surface area contributed by atoms with Gasteiger partial charge in [-0.15, -0.1) is 10.2 Å². The maximum absolute atomic E-state index is 12.8. The molecule has 7 heteroatoms. The Morgan fingerprint density at radius 2 is 2.13 bits per heavy atom. The van der Waals surface area contributed by atoms with E-state index < -0.39 is 0 Å². The lowest BCUT2D eigenvalue weighted by Gasteiger charge is -2.26. The van der Waals surface area contributed by atoms with Gasteiger partial charge in [0, 0.05) is 12.4 Å². The van der Waals surface area contributed by atoms with Crippen LogP contribution in [-0.2, 0) is 17.8 Å². The third kappa shape index (κ3) is 3.92. The number of pyridine rings is 1. The molecule has 1 atom stereocenters. The van der Waals surface area contributed by atoms with Gasteiger partial charge in [0.15, 0.2) is 0 Å². The van der Waals surface area contributed by atoms with Gasteiger partial charge in [0.1, 0.15) is 16.1 Å². The van der Waals surface area contributed by atoms with Gasteiger partial charge >= 0.3 is 0 Å². The molecule has 0 saturated carbocycles. The quantitative estimate of drug-likeness (QED) is 0.876.